The quantitative estimate of drug-likeness (QED) is 0.335. The van der Waals surface area contributed by atoms with Crippen molar-refractivity contribution in [2.24, 2.45) is 5.92 Å². The Kier molecular flexibility index (Phi) is 9.38. The Morgan fingerprint density at radius 3 is 2.46 bits per heavy atom. The van der Waals surface area contributed by atoms with Crippen molar-refractivity contribution in [2.75, 3.05) is 23.0 Å². The van der Waals surface area contributed by atoms with Crippen LogP contribution in [0, 0.1) is 5.92 Å². The molecule has 0 aliphatic carbocycles. The van der Waals surface area contributed by atoms with Gasteiger partial charge in [-0.3, -0.25) is 14.4 Å². The van der Waals surface area contributed by atoms with E-state index in [1.165, 1.54) is 0 Å². The minimum Gasteiger partial charge on any atom is -0.394 e. The van der Waals surface area contributed by atoms with Crippen LogP contribution < -0.4 is 9.80 Å². The molecule has 8 heteroatoms. The number of aliphatic hydroxyl groups excluding tert-OH is 1. The second-order valence-corrected chi connectivity index (χ2v) is 12.8. The molecule has 1 saturated heterocycles. The highest BCUT2D eigenvalue weighted by atomic mass is 16.3. The highest BCUT2D eigenvalue weighted by Crippen LogP contribution is 2.45. The fourth-order valence-electron chi connectivity index (χ4n) is 7.13. The Hall–Kier alpha value is -4.27. The van der Waals surface area contributed by atoms with Crippen LogP contribution in [0.25, 0.3) is 0 Å². The molecule has 0 radical (unpaired) electrons. The van der Waals surface area contributed by atoms with Crippen LogP contribution in [0.15, 0.2) is 84.9 Å². The van der Waals surface area contributed by atoms with E-state index in [1.54, 1.807) is 34.9 Å². The maximum atomic E-state index is 14.0. The van der Waals surface area contributed by atoms with Crippen molar-refractivity contribution in [3.63, 3.8) is 0 Å². The third-order valence-electron chi connectivity index (χ3n) is 9.85. The van der Waals surface area contributed by atoms with E-state index in [0.29, 0.717) is 37.2 Å². The fourth-order valence-corrected chi connectivity index (χ4v) is 7.13. The van der Waals surface area contributed by atoms with Crippen LogP contribution >= 0.6 is 0 Å². The number of rotatable bonds is 8. The molecule has 3 amide bonds. The molecule has 3 aromatic carbocycles. The fraction of sp³-hybridized carbons (Fsp3) is 0.395. The summed E-state index contributed by atoms with van der Waals surface area (Å²) in [7, 11) is 0. The number of benzene rings is 3. The lowest BCUT2D eigenvalue weighted by molar-refractivity contribution is -0.139. The lowest BCUT2D eigenvalue weighted by atomic mass is 9.83. The molecule has 3 aromatic rings. The molecule has 6 rings (SSSR count). The molecule has 8 nitrogen and oxygen atoms in total. The minimum atomic E-state index is -1.79. The van der Waals surface area contributed by atoms with E-state index >= 15 is 0 Å². The second kappa shape index (κ2) is 13.6. The van der Waals surface area contributed by atoms with Gasteiger partial charge in [-0.2, -0.15) is 0 Å². The maximum absolute atomic E-state index is 14.0. The van der Waals surface area contributed by atoms with E-state index in [0.717, 1.165) is 48.1 Å². The van der Waals surface area contributed by atoms with E-state index in [1.807, 2.05) is 71.6 Å². The molecular weight excluding hydrogens is 578 g/mol. The number of nitrogens with zero attached hydrogens (tertiary/aromatic N) is 3. The second-order valence-electron chi connectivity index (χ2n) is 12.8. The molecule has 2 N–H and O–H groups in total. The van der Waals surface area contributed by atoms with Crippen LogP contribution in [0.4, 0.5) is 11.4 Å². The monoisotopic (exact) mass is 621 g/mol. The molecule has 3 aliphatic heterocycles. The van der Waals surface area contributed by atoms with Crippen molar-refractivity contribution >= 4 is 29.1 Å². The zero-order valence-electron chi connectivity index (χ0n) is 26.5. The van der Waals surface area contributed by atoms with Gasteiger partial charge in [-0.25, -0.2) is 0 Å². The summed E-state index contributed by atoms with van der Waals surface area (Å²) in [4.78, 5) is 45.2. The van der Waals surface area contributed by atoms with Crippen molar-refractivity contribution in [1.29, 1.82) is 0 Å². The first-order valence-corrected chi connectivity index (χ1v) is 16.5. The summed E-state index contributed by atoms with van der Waals surface area (Å²) in [5, 5.41) is 22.0. The molecule has 3 aliphatic rings. The largest absolute Gasteiger partial charge is 0.394 e. The molecule has 0 unspecified atom stereocenters. The standard InChI is InChI=1S/C38H43N3O5/c1-27(11-10-17-36(44)40-25-30-13-6-5-12-29(30)23-32(40)26-42)38(46)33-14-7-8-15-34(33)41(37(38)45)24-28-18-20-31(21-19-28)39-22-9-3-2-4-16-35(39)43/h5-8,10-15,18-21,27,32,42,46H,2-4,9,16-17,22-26H2,1H3/b11-10+/t27-,32+,38+/m1/s1. The smallest absolute Gasteiger partial charge is 0.264 e. The summed E-state index contributed by atoms with van der Waals surface area (Å²) in [6, 6.07) is 22.8. The van der Waals surface area contributed by atoms with Crippen LogP contribution in [0.2, 0.25) is 0 Å². The van der Waals surface area contributed by atoms with Gasteiger partial charge in [0, 0.05) is 43.1 Å². The SMILES string of the molecule is C[C@H](/C=C/CC(=O)N1Cc2ccccc2C[C@H]1CO)[C@@]1(O)C(=O)N(Cc2ccc(N3CCCCCCC3=O)cc2)c2ccccc21. The lowest BCUT2D eigenvalue weighted by Gasteiger charge is -2.36. The third-order valence-corrected chi connectivity index (χ3v) is 9.85. The third kappa shape index (κ3) is 6.11. The van der Waals surface area contributed by atoms with E-state index in [9.17, 15) is 24.6 Å². The molecule has 0 spiro atoms. The first-order valence-electron chi connectivity index (χ1n) is 16.5. The molecule has 1 fully saturated rings. The first-order chi connectivity index (χ1) is 22.3. The number of carbonyl (C=O) groups excluding carboxylic acids is 3. The Balaban J connectivity index is 1.15. The van der Waals surface area contributed by atoms with Crippen LogP contribution in [-0.2, 0) is 39.5 Å². The van der Waals surface area contributed by atoms with Crippen molar-refractivity contribution in [1.82, 2.24) is 4.90 Å². The average Bonchev–Trinajstić information content (AvgIpc) is 3.29. The van der Waals surface area contributed by atoms with Crippen LogP contribution in [0.5, 0.6) is 0 Å². The van der Waals surface area contributed by atoms with E-state index in [4.69, 9.17) is 0 Å². The number of para-hydroxylation sites is 1. The van der Waals surface area contributed by atoms with Gasteiger partial charge in [0.25, 0.3) is 5.91 Å². The van der Waals surface area contributed by atoms with Gasteiger partial charge in [0.1, 0.15) is 0 Å². The van der Waals surface area contributed by atoms with Crippen LogP contribution in [0.1, 0.15) is 67.7 Å². The van der Waals surface area contributed by atoms with Gasteiger partial charge in [-0.15, -0.1) is 0 Å². The Labute approximate surface area is 270 Å². The summed E-state index contributed by atoms with van der Waals surface area (Å²) in [5.74, 6) is -0.965. The van der Waals surface area contributed by atoms with E-state index < -0.39 is 17.4 Å². The van der Waals surface area contributed by atoms with Gasteiger partial charge in [-0.1, -0.05) is 86.5 Å². The van der Waals surface area contributed by atoms with Gasteiger partial charge in [0.2, 0.25) is 11.8 Å². The number of hydrogen-bond acceptors (Lipinski definition) is 5. The highest BCUT2D eigenvalue weighted by molar-refractivity contribution is 6.07. The molecular formula is C38H43N3O5. The Morgan fingerprint density at radius 1 is 0.957 bits per heavy atom. The van der Waals surface area contributed by atoms with E-state index in [2.05, 4.69) is 0 Å². The number of hydrogen-bond donors (Lipinski definition) is 2. The number of fused-ring (bicyclic) bond motifs is 2. The zero-order valence-corrected chi connectivity index (χ0v) is 26.5. The van der Waals surface area contributed by atoms with Gasteiger partial charge < -0.3 is 24.9 Å². The lowest BCUT2D eigenvalue weighted by Crippen LogP contribution is -2.46. The summed E-state index contributed by atoms with van der Waals surface area (Å²) in [5.41, 5.74) is 3.41. The highest BCUT2D eigenvalue weighted by Gasteiger charge is 2.52. The van der Waals surface area contributed by atoms with Crippen molar-refractivity contribution < 1.29 is 24.6 Å². The molecule has 3 heterocycles. The molecule has 240 valence electrons. The number of aliphatic hydroxyl groups is 2. The number of carbonyl (C=O) groups is 3. The zero-order chi connectivity index (χ0) is 32.3. The van der Waals surface area contributed by atoms with Crippen LogP contribution in [-0.4, -0.2) is 52.0 Å². The summed E-state index contributed by atoms with van der Waals surface area (Å²) >= 11 is 0. The van der Waals surface area contributed by atoms with Crippen molar-refractivity contribution in [3.05, 3.63) is 107 Å². The van der Waals surface area contributed by atoms with Crippen molar-refractivity contribution in [3.8, 4) is 0 Å². The van der Waals surface area contributed by atoms with Gasteiger partial charge in [-0.05, 0) is 54.2 Å². The Bertz CT molecular complexity index is 1620. The number of anilines is 2. The van der Waals surface area contributed by atoms with Gasteiger partial charge in [0.05, 0.1) is 24.9 Å². The maximum Gasteiger partial charge on any atom is 0.264 e. The Morgan fingerprint density at radius 2 is 1.67 bits per heavy atom. The van der Waals surface area contributed by atoms with Gasteiger partial charge in [0.15, 0.2) is 5.60 Å². The van der Waals surface area contributed by atoms with Crippen LogP contribution in [0.3, 0.4) is 0 Å². The summed E-state index contributed by atoms with van der Waals surface area (Å²) in [6.45, 7) is 3.13. The summed E-state index contributed by atoms with van der Waals surface area (Å²) in [6.07, 6.45) is 8.89. The molecule has 0 bridgehead atoms. The van der Waals surface area contributed by atoms with Crippen molar-refractivity contribution in [2.45, 2.75) is 76.6 Å². The average molecular weight is 622 g/mol. The predicted octanol–water partition coefficient (Wildman–Crippen LogP) is 5.25. The molecule has 0 saturated carbocycles. The molecule has 46 heavy (non-hydrogen) atoms. The minimum absolute atomic E-state index is 0.102. The van der Waals surface area contributed by atoms with Gasteiger partial charge >= 0.3 is 0 Å². The summed E-state index contributed by atoms with van der Waals surface area (Å²) < 4.78 is 0. The normalized spacial score (nSPS) is 22.4. The molecule has 3 atom stereocenters. The number of amides is 3. The topological polar surface area (TPSA) is 101 Å². The first kappa shape index (κ1) is 31.7. The van der Waals surface area contributed by atoms with E-state index in [-0.39, 0.29) is 37.4 Å². The molecule has 0 aromatic heterocycles. The predicted molar refractivity (Wildman–Crippen MR) is 178 cm³/mol.